The Bertz CT molecular complexity index is 914. The van der Waals surface area contributed by atoms with Crippen LogP contribution in [0.2, 0.25) is 0 Å². The van der Waals surface area contributed by atoms with Crippen LogP contribution in [-0.4, -0.2) is 29.6 Å². The first-order valence-electron chi connectivity index (χ1n) is 7.92. The molecule has 2 aliphatic heterocycles. The average Bonchev–Trinajstić information content (AvgIpc) is 3.20. The normalized spacial score (nSPS) is 20.9. The van der Waals surface area contributed by atoms with E-state index in [9.17, 15) is 14.4 Å². The molecule has 2 heterocycles. The van der Waals surface area contributed by atoms with E-state index in [-0.39, 0.29) is 12.4 Å². The van der Waals surface area contributed by atoms with Gasteiger partial charge in [0.1, 0.15) is 5.54 Å². The predicted octanol–water partition coefficient (Wildman–Crippen LogP) is 1.53. The number of carbonyl (C=O) groups excluding carboxylic acids is 3. The van der Waals surface area contributed by atoms with Gasteiger partial charge in [-0.3, -0.25) is 15.0 Å². The summed E-state index contributed by atoms with van der Waals surface area (Å²) in [5.41, 5.74) is 1.96. The van der Waals surface area contributed by atoms with Crippen molar-refractivity contribution in [1.29, 1.82) is 0 Å². The second kappa shape index (κ2) is 5.76. The quantitative estimate of drug-likeness (QED) is 0.816. The molecule has 26 heavy (non-hydrogen) atoms. The van der Waals surface area contributed by atoms with Crippen LogP contribution in [0, 0.1) is 0 Å². The highest BCUT2D eigenvalue weighted by molar-refractivity contribution is 6.09. The number of fused-ring (bicyclic) bond motifs is 1. The molecule has 2 aliphatic rings. The molecule has 1 saturated heterocycles. The van der Waals surface area contributed by atoms with Crippen molar-refractivity contribution < 1.29 is 23.9 Å². The van der Waals surface area contributed by atoms with Gasteiger partial charge in [-0.15, -0.1) is 0 Å². The molecule has 8 nitrogen and oxygen atoms in total. The van der Waals surface area contributed by atoms with Gasteiger partial charge in [0.15, 0.2) is 11.5 Å². The lowest BCUT2D eigenvalue weighted by Gasteiger charge is -2.22. The third-order valence-corrected chi connectivity index (χ3v) is 4.39. The van der Waals surface area contributed by atoms with E-state index in [0.29, 0.717) is 22.1 Å². The Hall–Kier alpha value is -3.55. The molecule has 0 radical (unpaired) electrons. The van der Waals surface area contributed by atoms with Crippen LogP contribution in [0.5, 0.6) is 11.5 Å². The van der Waals surface area contributed by atoms with Crippen LogP contribution in [0.4, 0.5) is 4.79 Å². The number of rotatable bonds is 3. The monoisotopic (exact) mass is 353 g/mol. The zero-order valence-electron chi connectivity index (χ0n) is 13.8. The summed E-state index contributed by atoms with van der Waals surface area (Å²) in [4.78, 5) is 37.5. The molecular formula is C18H15N3O5. The maximum Gasteiger partial charge on any atom is 0.344 e. The van der Waals surface area contributed by atoms with Gasteiger partial charge in [0.2, 0.25) is 6.79 Å². The Morgan fingerprint density at radius 3 is 2.62 bits per heavy atom. The Labute approximate surface area is 148 Å². The first kappa shape index (κ1) is 15.9. The molecule has 0 aromatic heterocycles. The standard InChI is InChI=1S/C18H15N3O5/c1-18(12-5-3-2-4-6-12)16(23)21(17(24)19-18)20-15(22)11-7-8-13-14(9-11)26-10-25-13/h2-9H,10H2,1H3,(H,19,24)(H,20,22)/t18-/m1/s1. The number of benzene rings is 2. The zero-order valence-corrected chi connectivity index (χ0v) is 13.8. The maximum absolute atomic E-state index is 12.8. The van der Waals surface area contributed by atoms with Crippen molar-refractivity contribution >= 4 is 17.8 Å². The minimum atomic E-state index is -1.25. The molecule has 8 heteroatoms. The molecule has 0 spiro atoms. The third kappa shape index (κ3) is 2.43. The fourth-order valence-electron chi connectivity index (χ4n) is 2.91. The molecule has 2 aromatic rings. The van der Waals surface area contributed by atoms with Gasteiger partial charge in [-0.25, -0.2) is 4.79 Å². The number of amides is 4. The van der Waals surface area contributed by atoms with Crippen LogP contribution in [0.1, 0.15) is 22.8 Å². The first-order chi connectivity index (χ1) is 12.5. The molecule has 1 atom stereocenters. The minimum absolute atomic E-state index is 0.0862. The summed E-state index contributed by atoms with van der Waals surface area (Å²) >= 11 is 0. The summed E-state index contributed by atoms with van der Waals surface area (Å²) in [5.74, 6) is -0.205. The number of urea groups is 1. The molecule has 0 bridgehead atoms. The Kier molecular flexibility index (Phi) is 3.54. The SMILES string of the molecule is C[C@]1(c2ccccc2)NC(=O)N(NC(=O)c2ccc3c(c2)OCO3)C1=O. The van der Waals surface area contributed by atoms with Crippen LogP contribution in [0.3, 0.4) is 0 Å². The van der Waals surface area contributed by atoms with Crippen LogP contribution in [0.15, 0.2) is 48.5 Å². The summed E-state index contributed by atoms with van der Waals surface area (Å²) < 4.78 is 10.4. The molecule has 132 valence electrons. The van der Waals surface area contributed by atoms with Crippen LogP contribution in [0.25, 0.3) is 0 Å². The Morgan fingerprint density at radius 2 is 1.85 bits per heavy atom. The van der Waals surface area contributed by atoms with E-state index in [1.165, 1.54) is 12.1 Å². The van der Waals surface area contributed by atoms with Crippen molar-refractivity contribution in [2.45, 2.75) is 12.5 Å². The summed E-state index contributed by atoms with van der Waals surface area (Å²) in [7, 11) is 0. The third-order valence-electron chi connectivity index (χ3n) is 4.39. The van der Waals surface area contributed by atoms with Gasteiger partial charge < -0.3 is 14.8 Å². The fraction of sp³-hybridized carbons (Fsp3) is 0.167. The lowest BCUT2D eigenvalue weighted by atomic mass is 9.92. The number of hydrogen-bond donors (Lipinski definition) is 2. The smallest absolute Gasteiger partial charge is 0.344 e. The van der Waals surface area contributed by atoms with Crippen LogP contribution in [-0.2, 0) is 10.3 Å². The molecule has 2 aromatic carbocycles. The van der Waals surface area contributed by atoms with E-state index >= 15 is 0 Å². The number of hydrazine groups is 1. The number of nitrogens with one attached hydrogen (secondary N) is 2. The summed E-state index contributed by atoms with van der Waals surface area (Å²) in [6, 6.07) is 12.7. The van der Waals surface area contributed by atoms with E-state index < -0.39 is 23.4 Å². The highest BCUT2D eigenvalue weighted by Crippen LogP contribution is 2.33. The van der Waals surface area contributed by atoms with Crippen molar-refractivity contribution in [3.8, 4) is 11.5 Å². The van der Waals surface area contributed by atoms with Crippen LogP contribution < -0.4 is 20.2 Å². The average molecular weight is 353 g/mol. The molecule has 0 aliphatic carbocycles. The molecule has 0 saturated carbocycles. The number of imide groups is 1. The van der Waals surface area contributed by atoms with Crippen molar-refractivity contribution in [1.82, 2.24) is 15.8 Å². The van der Waals surface area contributed by atoms with Crippen molar-refractivity contribution in [2.24, 2.45) is 0 Å². The second-order valence-corrected chi connectivity index (χ2v) is 6.07. The zero-order chi connectivity index (χ0) is 18.3. The van der Waals surface area contributed by atoms with E-state index in [1.54, 1.807) is 37.3 Å². The minimum Gasteiger partial charge on any atom is -0.454 e. The van der Waals surface area contributed by atoms with E-state index in [1.807, 2.05) is 6.07 Å². The molecule has 4 amide bonds. The maximum atomic E-state index is 12.8. The predicted molar refractivity (Wildman–Crippen MR) is 89.2 cm³/mol. The van der Waals surface area contributed by atoms with Gasteiger partial charge >= 0.3 is 6.03 Å². The molecule has 0 unspecified atom stereocenters. The molecular weight excluding hydrogens is 338 g/mol. The van der Waals surface area contributed by atoms with Gasteiger partial charge in [-0.1, -0.05) is 30.3 Å². The molecule has 1 fully saturated rings. The molecule has 4 rings (SSSR count). The largest absolute Gasteiger partial charge is 0.454 e. The van der Waals surface area contributed by atoms with E-state index in [0.717, 1.165) is 0 Å². The summed E-state index contributed by atoms with van der Waals surface area (Å²) in [6.07, 6.45) is 0. The van der Waals surface area contributed by atoms with Crippen molar-refractivity contribution in [3.63, 3.8) is 0 Å². The number of nitrogens with zero attached hydrogens (tertiary/aromatic N) is 1. The topological polar surface area (TPSA) is 97.0 Å². The van der Waals surface area contributed by atoms with Crippen LogP contribution >= 0.6 is 0 Å². The highest BCUT2D eigenvalue weighted by Gasteiger charge is 2.50. The summed E-state index contributed by atoms with van der Waals surface area (Å²) in [5, 5.41) is 3.32. The summed E-state index contributed by atoms with van der Waals surface area (Å²) in [6.45, 7) is 1.68. The number of hydrogen-bond acceptors (Lipinski definition) is 5. The van der Waals surface area contributed by atoms with Gasteiger partial charge in [0.25, 0.3) is 11.8 Å². The second-order valence-electron chi connectivity index (χ2n) is 6.07. The number of carbonyl (C=O) groups is 3. The van der Waals surface area contributed by atoms with Gasteiger partial charge in [0.05, 0.1) is 0 Å². The van der Waals surface area contributed by atoms with Crippen molar-refractivity contribution in [2.75, 3.05) is 6.79 Å². The van der Waals surface area contributed by atoms with Gasteiger partial charge in [0, 0.05) is 5.56 Å². The Morgan fingerprint density at radius 1 is 1.12 bits per heavy atom. The Balaban J connectivity index is 1.56. The van der Waals surface area contributed by atoms with Crippen molar-refractivity contribution in [3.05, 3.63) is 59.7 Å². The lowest BCUT2D eigenvalue weighted by molar-refractivity contribution is -0.132. The van der Waals surface area contributed by atoms with E-state index in [2.05, 4.69) is 10.7 Å². The fourth-order valence-corrected chi connectivity index (χ4v) is 2.91. The molecule has 2 N–H and O–H groups in total. The van der Waals surface area contributed by atoms with Gasteiger partial charge in [-0.05, 0) is 30.7 Å². The van der Waals surface area contributed by atoms with Gasteiger partial charge in [-0.2, -0.15) is 5.01 Å². The lowest BCUT2D eigenvalue weighted by Crippen LogP contribution is -2.47. The van der Waals surface area contributed by atoms with E-state index in [4.69, 9.17) is 9.47 Å². The highest BCUT2D eigenvalue weighted by atomic mass is 16.7. The number of ether oxygens (including phenoxy) is 2. The first-order valence-corrected chi connectivity index (χ1v) is 7.92.